The van der Waals surface area contributed by atoms with Gasteiger partial charge in [-0.3, -0.25) is 4.90 Å². The molecule has 1 fully saturated rings. The van der Waals surface area contributed by atoms with Crippen molar-refractivity contribution in [2.24, 2.45) is 0 Å². The Bertz CT molecular complexity index is 557. The number of piperidine rings is 1. The Hall–Kier alpha value is -1.55. The van der Waals surface area contributed by atoms with Gasteiger partial charge in [0, 0.05) is 12.6 Å². The average Bonchev–Trinajstić information content (AvgIpc) is 2.90. The predicted molar refractivity (Wildman–Crippen MR) is 88.3 cm³/mol. The van der Waals surface area contributed by atoms with Crippen LogP contribution in [0.3, 0.4) is 0 Å². The van der Waals surface area contributed by atoms with Crippen LogP contribution in [0.1, 0.15) is 57.2 Å². The molecule has 2 aliphatic rings. The summed E-state index contributed by atoms with van der Waals surface area (Å²) in [5, 5.41) is 3.61. The van der Waals surface area contributed by atoms with Crippen LogP contribution in [0.4, 0.5) is 10.5 Å². The van der Waals surface area contributed by atoms with Gasteiger partial charge in [-0.1, -0.05) is 18.6 Å². The van der Waals surface area contributed by atoms with Crippen molar-refractivity contribution in [3.05, 3.63) is 29.3 Å². The zero-order chi connectivity index (χ0) is 15.7. The van der Waals surface area contributed by atoms with Crippen molar-refractivity contribution in [3.8, 4) is 0 Å². The molecule has 1 saturated heterocycles. The lowest BCUT2D eigenvalue weighted by Crippen LogP contribution is -2.35. The van der Waals surface area contributed by atoms with E-state index in [1.54, 1.807) is 4.90 Å². The van der Waals surface area contributed by atoms with Gasteiger partial charge in [-0.15, -0.1) is 0 Å². The number of fused-ring (bicyclic) bond motifs is 1. The van der Waals surface area contributed by atoms with Crippen LogP contribution in [-0.2, 0) is 11.2 Å². The molecule has 2 heterocycles. The summed E-state index contributed by atoms with van der Waals surface area (Å²) in [7, 11) is 0. The molecule has 120 valence electrons. The van der Waals surface area contributed by atoms with Crippen LogP contribution in [0, 0.1) is 0 Å². The van der Waals surface area contributed by atoms with Crippen LogP contribution in [-0.4, -0.2) is 24.8 Å². The summed E-state index contributed by atoms with van der Waals surface area (Å²) in [4.78, 5) is 14.2. The van der Waals surface area contributed by atoms with Crippen LogP contribution in [0.25, 0.3) is 0 Å². The summed E-state index contributed by atoms with van der Waals surface area (Å²) in [5.74, 6) is 0. The first-order valence-electron chi connectivity index (χ1n) is 8.31. The molecule has 22 heavy (non-hydrogen) atoms. The van der Waals surface area contributed by atoms with Crippen molar-refractivity contribution in [2.75, 3.05) is 18.0 Å². The number of rotatable bonds is 1. The Kier molecular flexibility index (Phi) is 4.13. The van der Waals surface area contributed by atoms with Crippen LogP contribution in [0.15, 0.2) is 18.2 Å². The molecule has 4 nitrogen and oxygen atoms in total. The second kappa shape index (κ2) is 5.92. The van der Waals surface area contributed by atoms with E-state index in [9.17, 15) is 4.79 Å². The van der Waals surface area contributed by atoms with E-state index in [-0.39, 0.29) is 6.09 Å². The molecule has 1 aromatic carbocycles. The van der Waals surface area contributed by atoms with Gasteiger partial charge < -0.3 is 10.1 Å². The van der Waals surface area contributed by atoms with Gasteiger partial charge >= 0.3 is 6.09 Å². The minimum Gasteiger partial charge on any atom is -0.443 e. The highest BCUT2D eigenvalue weighted by Crippen LogP contribution is 2.36. The SMILES string of the molecule is CC(C)(C)OC(=O)N1CCc2c(C3CCCCN3)cccc21. The number of benzene rings is 1. The topological polar surface area (TPSA) is 41.6 Å². The third kappa shape index (κ3) is 3.12. The molecule has 0 bridgehead atoms. The fourth-order valence-electron chi connectivity index (χ4n) is 3.41. The van der Waals surface area contributed by atoms with E-state index in [4.69, 9.17) is 4.74 Å². The lowest BCUT2D eigenvalue weighted by Gasteiger charge is -2.27. The van der Waals surface area contributed by atoms with Gasteiger partial charge in [-0.25, -0.2) is 4.79 Å². The molecular weight excluding hydrogens is 276 g/mol. The standard InChI is InChI=1S/C18H26N2O2/c1-18(2,3)22-17(21)20-12-10-14-13(7-6-9-16(14)20)15-8-4-5-11-19-15/h6-7,9,15,19H,4-5,8,10-12H2,1-3H3. The highest BCUT2D eigenvalue weighted by molar-refractivity contribution is 5.91. The molecule has 3 rings (SSSR count). The summed E-state index contributed by atoms with van der Waals surface area (Å²) in [6.07, 6.45) is 4.40. The Morgan fingerprint density at radius 1 is 1.32 bits per heavy atom. The van der Waals surface area contributed by atoms with Crippen molar-refractivity contribution in [1.82, 2.24) is 5.32 Å². The number of carbonyl (C=O) groups excluding carboxylic acids is 1. The normalized spacial score (nSPS) is 21.6. The Balaban J connectivity index is 1.84. The average molecular weight is 302 g/mol. The fraction of sp³-hybridized carbons (Fsp3) is 0.611. The quantitative estimate of drug-likeness (QED) is 0.858. The molecule has 1 amide bonds. The molecule has 1 unspecified atom stereocenters. The van der Waals surface area contributed by atoms with E-state index >= 15 is 0 Å². The highest BCUT2D eigenvalue weighted by Gasteiger charge is 2.31. The second-order valence-corrected chi connectivity index (χ2v) is 7.23. The monoisotopic (exact) mass is 302 g/mol. The van der Waals surface area contributed by atoms with E-state index in [2.05, 4.69) is 17.4 Å². The van der Waals surface area contributed by atoms with Crippen molar-refractivity contribution in [2.45, 2.75) is 58.1 Å². The smallest absolute Gasteiger partial charge is 0.414 e. The van der Waals surface area contributed by atoms with E-state index in [1.165, 1.54) is 30.4 Å². The molecule has 2 aliphatic heterocycles. The van der Waals surface area contributed by atoms with Crippen LogP contribution in [0.5, 0.6) is 0 Å². The number of nitrogens with zero attached hydrogens (tertiary/aromatic N) is 1. The van der Waals surface area contributed by atoms with Crippen LogP contribution in [0.2, 0.25) is 0 Å². The molecule has 4 heteroatoms. The Morgan fingerprint density at radius 3 is 2.82 bits per heavy atom. The Morgan fingerprint density at radius 2 is 2.14 bits per heavy atom. The maximum absolute atomic E-state index is 12.4. The fourth-order valence-corrected chi connectivity index (χ4v) is 3.41. The third-order valence-electron chi connectivity index (χ3n) is 4.36. The van der Waals surface area contributed by atoms with Gasteiger partial charge in [0.05, 0.1) is 5.69 Å². The Labute approximate surface area is 132 Å². The van der Waals surface area contributed by atoms with Gasteiger partial charge in [-0.05, 0) is 63.8 Å². The molecule has 0 spiro atoms. The molecule has 1 atom stereocenters. The van der Waals surface area contributed by atoms with E-state index < -0.39 is 5.60 Å². The first-order chi connectivity index (χ1) is 10.5. The maximum Gasteiger partial charge on any atom is 0.414 e. The molecule has 1 N–H and O–H groups in total. The minimum absolute atomic E-state index is 0.236. The summed E-state index contributed by atoms with van der Waals surface area (Å²) < 4.78 is 5.54. The summed E-state index contributed by atoms with van der Waals surface area (Å²) >= 11 is 0. The lowest BCUT2D eigenvalue weighted by atomic mass is 9.92. The third-order valence-corrected chi connectivity index (χ3v) is 4.36. The molecule has 0 aliphatic carbocycles. The number of hydrogen-bond acceptors (Lipinski definition) is 3. The summed E-state index contributed by atoms with van der Waals surface area (Å²) in [6, 6.07) is 6.74. The van der Waals surface area contributed by atoms with Crippen molar-refractivity contribution in [1.29, 1.82) is 0 Å². The molecule has 0 aromatic heterocycles. The van der Waals surface area contributed by atoms with E-state index in [0.29, 0.717) is 12.6 Å². The molecule has 1 aromatic rings. The van der Waals surface area contributed by atoms with Crippen molar-refractivity contribution in [3.63, 3.8) is 0 Å². The van der Waals surface area contributed by atoms with Gasteiger partial charge in [0.15, 0.2) is 0 Å². The van der Waals surface area contributed by atoms with Crippen molar-refractivity contribution >= 4 is 11.8 Å². The van der Waals surface area contributed by atoms with E-state index in [0.717, 1.165) is 18.7 Å². The van der Waals surface area contributed by atoms with Crippen LogP contribution >= 0.6 is 0 Å². The zero-order valence-corrected chi connectivity index (χ0v) is 13.8. The van der Waals surface area contributed by atoms with Gasteiger partial charge in [0.25, 0.3) is 0 Å². The lowest BCUT2D eigenvalue weighted by molar-refractivity contribution is 0.0584. The van der Waals surface area contributed by atoms with Crippen molar-refractivity contribution < 1.29 is 9.53 Å². The number of amides is 1. The first-order valence-corrected chi connectivity index (χ1v) is 8.31. The second-order valence-electron chi connectivity index (χ2n) is 7.23. The first kappa shape index (κ1) is 15.3. The maximum atomic E-state index is 12.4. The van der Waals surface area contributed by atoms with E-state index in [1.807, 2.05) is 26.8 Å². The number of hydrogen-bond donors (Lipinski definition) is 1. The van der Waals surface area contributed by atoms with Gasteiger partial charge in [0.1, 0.15) is 5.60 Å². The van der Waals surface area contributed by atoms with Gasteiger partial charge in [-0.2, -0.15) is 0 Å². The predicted octanol–water partition coefficient (Wildman–Crippen LogP) is 3.80. The van der Waals surface area contributed by atoms with Crippen LogP contribution < -0.4 is 10.2 Å². The highest BCUT2D eigenvalue weighted by atomic mass is 16.6. The number of carbonyl (C=O) groups is 1. The summed E-state index contributed by atoms with van der Waals surface area (Å²) in [5.41, 5.74) is 3.25. The zero-order valence-electron chi connectivity index (χ0n) is 13.8. The minimum atomic E-state index is -0.456. The number of anilines is 1. The number of nitrogens with one attached hydrogen (secondary N) is 1. The largest absolute Gasteiger partial charge is 0.443 e. The number of ether oxygens (including phenoxy) is 1. The van der Waals surface area contributed by atoms with Gasteiger partial charge in [0.2, 0.25) is 0 Å². The summed E-state index contributed by atoms with van der Waals surface area (Å²) in [6.45, 7) is 7.52. The molecule has 0 saturated carbocycles. The molecule has 0 radical (unpaired) electrons. The molecular formula is C18H26N2O2.